The molecule has 1 N–H and O–H groups in total. The molecule has 0 bridgehead atoms. The topological polar surface area (TPSA) is 64.7 Å². The molecule has 1 fully saturated rings. The van der Waals surface area contributed by atoms with Crippen LogP contribution in [0, 0.1) is 0 Å². The second-order valence-corrected chi connectivity index (χ2v) is 7.75. The van der Waals surface area contributed by atoms with E-state index >= 15 is 0 Å². The maximum Gasteiger partial charge on any atom is 0.282 e. The van der Waals surface area contributed by atoms with Crippen molar-refractivity contribution in [2.24, 2.45) is 0 Å². The van der Waals surface area contributed by atoms with E-state index in [0.29, 0.717) is 17.9 Å². The Bertz CT molecular complexity index is 996. The fourth-order valence-electron chi connectivity index (χ4n) is 3.09. The quantitative estimate of drug-likeness (QED) is 0.583. The zero-order valence-electron chi connectivity index (χ0n) is 14.9. The third-order valence-electron chi connectivity index (χ3n) is 4.50. The molecule has 3 aromatic rings. The van der Waals surface area contributed by atoms with Crippen molar-refractivity contribution < 1.29 is 13.6 Å². The molecule has 0 atom stereocenters. The number of carbonyl (C=O) groups excluding carboxylic acids is 1. The van der Waals surface area contributed by atoms with E-state index in [4.69, 9.17) is 0 Å². The van der Waals surface area contributed by atoms with Crippen LogP contribution in [-0.4, -0.2) is 25.5 Å². The third-order valence-corrected chi connectivity index (χ3v) is 4.91. The summed E-state index contributed by atoms with van der Waals surface area (Å²) in [5.41, 5.74) is 2.06. The van der Waals surface area contributed by atoms with E-state index in [0.717, 1.165) is 22.9 Å². The summed E-state index contributed by atoms with van der Waals surface area (Å²) in [6.45, 7) is 0.479. The number of aromatic nitrogens is 4. The van der Waals surface area contributed by atoms with Crippen LogP contribution in [0.1, 0.15) is 42.1 Å². The monoisotopic (exact) mass is 449 g/mol. The smallest absolute Gasteiger partial charge is 0.282 e. The fraction of sp³-hybridized carbons (Fsp3) is 0.316. The van der Waals surface area contributed by atoms with Crippen LogP contribution in [0.15, 0.2) is 47.2 Å². The zero-order chi connectivity index (χ0) is 19.7. The normalized spacial score (nSPS) is 13.9. The Kier molecular flexibility index (Phi) is 5.25. The van der Waals surface area contributed by atoms with Gasteiger partial charge in [0.25, 0.3) is 6.43 Å². The van der Waals surface area contributed by atoms with E-state index in [-0.39, 0.29) is 24.1 Å². The molecule has 0 saturated heterocycles. The summed E-state index contributed by atoms with van der Waals surface area (Å²) in [5.74, 6) is -0.0747. The maximum absolute atomic E-state index is 13.0. The standard InChI is InChI=1S/C19H18BrF2N5O/c20-14-8-23-26(10-14)9-12-2-1-3-15(6-12)24-18(28)11-27-17(13-4-5-13)7-16(25-27)19(21)22/h1-3,6-8,10,13,19H,4-5,9,11H2,(H,24,28). The van der Waals surface area contributed by atoms with Crippen LogP contribution in [0.25, 0.3) is 0 Å². The summed E-state index contributed by atoms with van der Waals surface area (Å²) < 4.78 is 30.0. The number of carbonyl (C=O) groups is 1. The second-order valence-electron chi connectivity index (χ2n) is 6.83. The van der Waals surface area contributed by atoms with Crippen LogP contribution in [0.2, 0.25) is 0 Å². The number of rotatable bonds is 7. The lowest BCUT2D eigenvalue weighted by Gasteiger charge is -2.09. The van der Waals surface area contributed by atoms with E-state index in [9.17, 15) is 13.6 Å². The van der Waals surface area contributed by atoms with E-state index in [1.807, 2.05) is 24.4 Å². The number of nitrogens with zero attached hydrogens (tertiary/aromatic N) is 4. The Morgan fingerprint density at radius 1 is 1.32 bits per heavy atom. The van der Waals surface area contributed by atoms with Crippen LogP contribution in [-0.2, 0) is 17.9 Å². The maximum atomic E-state index is 13.0. The molecule has 1 aromatic carbocycles. The lowest BCUT2D eigenvalue weighted by Crippen LogP contribution is -2.21. The molecule has 0 spiro atoms. The second kappa shape index (κ2) is 7.83. The Morgan fingerprint density at radius 3 is 2.82 bits per heavy atom. The number of amides is 1. The molecular formula is C19H18BrF2N5O. The molecule has 9 heteroatoms. The molecule has 1 saturated carbocycles. The van der Waals surface area contributed by atoms with Crippen molar-refractivity contribution in [2.75, 3.05) is 5.32 Å². The van der Waals surface area contributed by atoms with Gasteiger partial charge in [0, 0.05) is 23.5 Å². The van der Waals surface area contributed by atoms with Crippen molar-refractivity contribution >= 4 is 27.5 Å². The number of halogens is 3. The molecule has 0 radical (unpaired) electrons. The summed E-state index contributed by atoms with van der Waals surface area (Å²) in [7, 11) is 0. The molecule has 4 rings (SSSR count). The molecule has 28 heavy (non-hydrogen) atoms. The summed E-state index contributed by atoms with van der Waals surface area (Å²) >= 11 is 3.36. The fourth-order valence-corrected chi connectivity index (χ4v) is 3.42. The number of alkyl halides is 2. The van der Waals surface area contributed by atoms with Crippen molar-refractivity contribution in [1.82, 2.24) is 19.6 Å². The predicted octanol–water partition coefficient (Wildman–Crippen LogP) is 4.34. The largest absolute Gasteiger partial charge is 0.324 e. The van der Waals surface area contributed by atoms with Crippen LogP contribution in [0.4, 0.5) is 14.5 Å². The highest BCUT2D eigenvalue weighted by molar-refractivity contribution is 9.10. The highest BCUT2D eigenvalue weighted by Crippen LogP contribution is 2.41. The molecule has 0 aliphatic heterocycles. The Balaban J connectivity index is 1.43. The first-order chi connectivity index (χ1) is 13.5. The highest BCUT2D eigenvalue weighted by Gasteiger charge is 2.30. The lowest BCUT2D eigenvalue weighted by molar-refractivity contribution is -0.117. The molecule has 1 aliphatic rings. The van der Waals surface area contributed by atoms with E-state index in [1.54, 1.807) is 16.9 Å². The first kappa shape index (κ1) is 18.8. The summed E-state index contributed by atoms with van der Waals surface area (Å²) in [4.78, 5) is 12.4. The third kappa shape index (κ3) is 4.46. The van der Waals surface area contributed by atoms with Crippen LogP contribution >= 0.6 is 15.9 Å². The SMILES string of the molecule is O=C(Cn1nc(C(F)F)cc1C1CC1)Nc1cccc(Cn2cc(Br)cn2)c1. The molecular weight excluding hydrogens is 432 g/mol. The molecule has 2 heterocycles. The molecule has 146 valence electrons. The van der Waals surface area contributed by atoms with Crippen LogP contribution in [0.3, 0.4) is 0 Å². The van der Waals surface area contributed by atoms with Gasteiger partial charge in [-0.25, -0.2) is 8.78 Å². The summed E-state index contributed by atoms with van der Waals surface area (Å²) in [5, 5.41) is 11.0. The number of benzene rings is 1. The van der Waals surface area contributed by atoms with E-state index in [1.165, 1.54) is 10.7 Å². The van der Waals surface area contributed by atoms with E-state index < -0.39 is 6.43 Å². The lowest BCUT2D eigenvalue weighted by atomic mass is 10.2. The van der Waals surface area contributed by atoms with Gasteiger partial charge in [-0.3, -0.25) is 14.2 Å². The minimum atomic E-state index is -2.64. The van der Waals surface area contributed by atoms with Gasteiger partial charge in [0.05, 0.1) is 17.2 Å². The van der Waals surface area contributed by atoms with Crippen molar-refractivity contribution in [1.29, 1.82) is 0 Å². The minimum Gasteiger partial charge on any atom is -0.324 e. The molecule has 1 aliphatic carbocycles. The Hall–Kier alpha value is -2.55. The van der Waals surface area contributed by atoms with Gasteiger partial charge in [0.15, 0.2) is 0 Å². The highest BCUT2D eigenvalue weighted by atomic mass is 79.9. The first-order valence-corrected chi connectivity index (χ1v) is 9.70. The number of nitrogens with one attached hydrogen (secondary N) is 1. The van der Waals surface area contributed by atoms with Gasteiger partial charge < -0.3 is 5.32 Å². The number of anilines is 1. The molecule has 6 nitrogen and oxygen atoms in total. The average molecular weight is 450 g/mol. The van der Waals surface area contributed by atoms with E-state index in [2.05, 4.69) is 31.4 Å². The van der Waals surface area contributed by atoms with Gasteiger partial charge >= 0.3 is 0 Å². The van der Waals surface area contributed by atoms with Gasteiger partial charge in [0.1, 0.15) is 12.2 Å². The summed E-state index contributed by atoms with van der Waals surface area (Å²) in [6.07, 6.45) is 2.83. The molecule has 1 amide bonds. The van der Waals surface area contributed by atoms with Crippen molar-refractivity contribution in [2.45, 2.75) is 38.3 Å². The van der Waals surface area contributed by atoms with Gasteiger partial charge in [-0.15, -0.1) is 0 Å². The van der Waals surface area contributed by atoms with Crippen molar-refractivity contribution in [3.8, 4) is 0 Å². The average Bonchev–Trinajstić information content (AvgIpc) is 3.27. The molecule has 0 unspecified atom stereocenters. The van der Waals surface area contributed by atoms with Crippen molar-refractivity contribution in [3.63, 3.8) is 0 Å². The van der Waals surface area contributed by atoms with Gasteiger partial charge in [-0.2, -0.15) is 10.2 Å². The van der Waals surface area contributed by atoms with Gasteiger partial charge in [-0.1, -0.05) is 12.1 Å². The minimum absolute atomic E-state index is 0.0884. The Labute approximate surface area is 168 Å². The van der Waals surface area contributed by atoms with Gasteiger partial charge in [-0.05, 0) is 52.5 Å². The predicted molar refractivity (Wildman–Crippen MR) is 103 cm³/mol. The summed E-state index contributed by atoms with van der Waals surface area (Å²) in [6, 6.07) is 8.86. The number of hydrogen-bond donors (Lipinski definition) is 1. The molecule has 2 aromatic heterocycles. The van der Waals surface area contributed by atoms with Crippen LogP contribution in [0.5, 0.6) is 0 Å². The van der Waals surface area contributed by atoms with Crippen molar-refractivity contribution in [3.05, 3.63) is 64.1 Å². The first-order valence-electron chi connectivity index (χ1n) is 8.90. The number of hydrogen-bond acceptors (Lipinski definition) is 3. The zero-order valence-corrected chi connectivity index (χ0v) is 16.4. The van der Waals surface area contributed by atoms with Gasteiger partial charge in [0.2, 0.25) is 5.91 Å². The van der Waals surface area contributed by atoms with Crippen LogP contribution < -0.4 is 5.32 Å². The Morgan fingerprint density at radius 2 is 2.14 bits per heavy atom.